The Hall–Kier alpha value is -4.65. The number of benzene rings is 3. The molecule has 1 fully saturated rings. The third-order valence-electron chi connectivity index (χ3n) is 7.18. The van der Waals surface area contributed by atoms with Crippen molar-refractivity contribution in [3.8, 4) is 5.75 Å². The van der Waals surface area contributed by atoms with Crippen LogP contribution in [0, 0.1) is 6.92 Å². The highest BCUT2D eigenvalue weighted by Crippen LogP contribution is 2.28. The first-order valence-corrected chi connectivity index (χ1v) is 13.1. The molecule has 1 atom stereocenters. The second kappa shape index (κ2) is 11.0. The number of carbonyl (C=O) groups is 3. The number of hydrogen-bond donors (Lipinski definition) is 1. The van der Waals surface area contributed by atoms with Gasteiger partial charge in [-0.2, -0.15) is 0 Å². The van der Waals surface area contributed by atoms with Gasteiger partial charge in [0.15, 0.2) is 0 Å². The van der Waals surface area contributed by atoms with Crippen molar-refractivity contribution in [3.63, 3.8) is 0 Å². The maximum absolute atomic E-state index is 13.5. The van der Waals surface area contributed by atoms with E-state index in [0.29, 0.717) is 30.3 Å². The fourth-order valence-corrected chi connectivity index (χ4v) is 4.71. The molecule has 1 N–H and O–H groups in total. The van der Waals surface area contributed by atoms with Gasteiger partial charge in [-0.25, -0.2) is 9.69 Å². The lowest BCUT2D eigenvalue weighted by atomic mass is 9.98. The second-order valence-corrected chi connectivity index (χ2v) is 9.82. The van der Waals surface area contributed by atoms with Gasteiger partial charge in [0.25, 0.3) is 11.8 Å². The van der Waals surface area contributed by atoms with Crippen LogP contribution >= 0.6 is 0 Å². The highest BCUT2D eigenvalue weighted by atomic mass is 16.5. The summed E-state index contributed by atoms with van der Waals surface area (Å²) in [5.74, 6) is -0.205. The van der Waals surface area contributed by atoms with Gasteiger partial charge in [0.05, 0.1) is 12.2 Å². The summed E-state index contributed by atoms with van der Waals surface area (Å²) in [5, 5.41) is 3.21. The van der Waals surface area contributed by atoms with E-state index in [4.69, 9.17) is 4.74 Å². The maximum atomic E-state index is 13.5. The molecule has 5 rings (SSSR count). The number of urea groups is 1. The molecule has 4 amide bonds. The van der Waals surface area contributed by atoms with E-state index in [-0.39, 0.29) is 5.57 Å². The number of nitrogens with one attached hydrogen (secondary N) is 1. The molecule has 39 heavy (non-hydrogen) atoms. The highest BCUT2D eigenvalue weighted by Gasteiger charge is 2.37. The van der Waals surface area contributed by atoms with Crippen LogP contribution in [0.3, 0.4) is 0 Å². The molecule has 7 nitrogen and oxygen atoms in total. The number of fused-ring (bicyclic) bond motifs is 1. The average Bonchev–Trinajstić information content (AvgIpc) is 3.29. The molecular weight excluding hydrogens is 490 g/mol. The van der Waals surface area contributed by atoms with Crippen LogP contribution in [0.4, 0.5) is 10.5 Å². The molecule has 198 valence electrons. The minimum absolute atomic E-state index is 0.0978. The zero-order valence-corrected chi connectivity index (χ0v) is 22.3. The number of barbiturate groups is 1. The van der Waals surface area contributed by atoms with E-state index in [2.05, 4.69) is 19.2 Å². The first-order valence-electron chi connectivity index (χ1n) is 13.1. The molecule has 1 aliphatic heterocycles. The van der Waals surface area contributed by atoms with Crippen molar-refractivity contribution < 1.29 is 19.1 Å². The van der Waals surface area contributed by atoms with Crippen LogP contribution in [0.2, 0.25) is 0 Å². The standard InChI is InChI=1S/C32H31N3O4/c1-4-22(3)23-11-13-25(14-12-23)35-31(37)28(30(36)33-32(35)38)19-24-20-34(29-8-6-5-7-27(24)29)17-18-39-26-15-9-21(2)10-16-26/h5-16,19-20,22H,4,17-18H2,1-3H3,(H,33,36,38)/b28-19-. The molecular formula is C32H31N3O4. The molecule has 2 heterocycles. The molecule has 0 aliphatic carbocycles. The number of amides is 4. The summed E-state index contributed by atoms with van der Waals surface area (Å²) in [5.41, 5.74) is 4.27. The molecule has 3 aromatic carbocycles. The van der Waals surface area contributed by atoms with Crippen LogP contribution in [-0.4, -0.2) is 29.0 Å². The molecule has 0 saturated carbocycles. The van der Waals surface area contributed by atoms with Gasteiger partial charge in [-0.05, 0) is 61.2 Å². The van der Waals surface area contributed by atoms with Crippen molar-refractivity contribution in [1.29, 1.82) is 0 Å². The summed E-state index contributed by atoms with van der Waals surface area (Å²) >= 11 is 0. The van der Waals surface area contributed by atoms with Gasteiger partial charge in [0.2, 0.25) is 0 Å². The number of ether oxygens (including phenoxy) is 1. The van der Waals surface area contributed by atoms with Crippen molar-refractivity contribution in [3.05, 3.63) is 101 Å². The summed E-state index contributed by atoms with van der Waals surface area (Å²) in [6.07, 6.45) is 4.44. The molecule has 1 unspecified atom stereocenters. The number of aryl methyl sites for hydroxylation is 1. The van der Waals surface area contributed by atoms with Crippen molar-refractivity contribution in [2.24, 2.45) is 0 Å². The molecule has 1 aliphatic rings. The largest absolute Gasteiger partial charge is 0.492 e. The number of anilines is 1. The minimum atomic E-state index is -0.755. The van der Waals surface area contributed by atoms with E-state index >= 15 is 0 Å². The third kappa shape index (κ3) is 5.34. The smallest absolute Gasteiger partial charge is 0.335 e. The van der Waals surface area contributed by atoms with Crippen LogP contribution in [0.1, 0.15) is 42.9 Å². The normalized spacial score (nSPS) is 15.6. The Labute approximate surface area is 227 Å². The van der Waals surface area contributed by atoms with E-state index in [1.165, 1.54) is 5.56 Å². The Balaban J connectivity index is 1.42. The van der Waals surface area contributed by atoms with Crippen molar-refractivity contribution >= 4 is 40.5 Å². The minimum Gasteiger partial charge on any atom is -0.492 e. The fourth-order valence-electron chi connectivity index (χ4n) is 4.71. The SMILES string of the molecule is CCC(C)c1ccc(N2C(=O)NC(=O)/C(=C/c3cn(CCOc4ccc(C)cc4)c4ccccc34)C2=O)cc1. The monoisotopic (exact) mass is 521 g/mol. The lowest BCUT2D eigenvalue weighted by molar-refractivity contribution is -0.122. The summed E-state index contributed by atoms with van der Waals surface area (Å²) < 4.78 is 7.95. The van der Waals surface area contributed by atoms with Crippen molar-refractivity contribution in [2.45, 2.75) is 39.7 Å². The van der Waals surface area contributed by atoms with Crippen molar-refractivity contribution in [2.75, 3.05) is 11.5 Å². The van der Waals surface area contributed by atoms with Crippen molar-refractivity contribution in [1.82, 2.24) is 9.88 Å². The Bertz CT molecular complexity index is 1570. The van der Waals surface area contributed by atoms with Gasteiger partial charge in [0, 0.05) is 22.7 Å². The lowest BCUT2D eigenvalue weighted by Gasteiger charge is -2.26. The summed E-state index contributed by atoms with van der Waals surface area (Å²) in [7, 11) is 0. The van der Waals surface area contributed by atoms with Crippen LogP contribution in [0.25, 0.3) is 17.0 Å². The van der Waals surface area contributed by atoms with Gasteiger partial charge in [-0.3, -0.25) is 14.9 Å². The Kier molecular flexibility index (Phi) is 7.32. The maximum Gasteiger partial charge on any atom is 0.335 e. The predicted molar refractivity (Wildman–Crippen MR) is 153 cm³/mol. The number of rotatable bonds is 8. The lowest BCUT2D eigenvalue weighted by Crippen LogP contribution is -2.54. The van der Waals surface area contributed by atoms with Gasteiger partial charge in [0.1, 0.15) is 17.9 Å². The van der Waals surface area contributed by atoms with Gasteiger partial charge >= 0.3 is 6.03 Å². The van der Waals surface area contributed by atoms with Crippen LogP contribution in [0.15, 0.2) is 84.6 Å². The molecule has 4 aromatic rings. The molecule has 7 heteroatoms. The first-order chi connectivity index (χ1) is 18.9. The number of carbonyl (C=O) groups excluding carboxylic acids is 3. The quantitative estimate of drug-likeness (QED) is 0.221. The first kappa shape index (κ1) is 26.0. The van der Waals surface area contributed by atoms with Gasteiger partial charge in [-0.15, -0.1) is 0 Å². The van der Waals surface area contributed by atoms with Crippen LogP contribution in [-0.2, 0) is 16.1 Å². The summed E-state index contributed by atoms with van der Waals surface area (Å²) in [6, 6.07) is 22.2. The van der Waals surface area contributed by atoms with E-state index in [1.54, 1.807) is 18.2 Å². The number of imide groups is 2. The second-order valence-electron chi connectivity index (χ2n) is 9.82. The highest BCUT2D eigenvalue weighted by molar-refractivity contribution is 6.39. The molecule has 1 saturated heterocycles. The van der Waals surface area contributed by atoms with Gasteiger partial charge in [-0.1, -0.05) is 61.9 Å². The third-order valence-corrected chi connectivity index (χ3v) is 7.18. The Morgan fingerprint density at radius 2 is 1.67 bits per heavy atom. The zero-order chi connectivity index (χ0) is 27.5. The number of para-hydroxylation sites is 1. The number of nitrogens with zero attached hydrogens (tertiary/aromatic N) is 2. The number of aromatic nitrogens is 1. The fraction of sp³-hybridized carbons (Fsp3) is 0.219. The Morgan fingerprint density at radius 1 is 0.949 bits per heavy atom. The number of hydrogen-bond acceptors (Lipinski definition) is 4. The predicted octanol–water partition coefficient (Wildman–Crippen LogP) is 6.21. The van der Waals surface area contributed by atoms with E-state index in [9.17, 15) is 14.4 Å². The molecule has 0 spiro atoms. The van der Waals surface area contributed by atoms with Gasteiger partial charge < -0.3 is 9.30 Å². The van der Waals surface area contributed by atoms with Crippen LogP contribution in [0.5, 0.6) is 5.75 Å². The summed E-state index contributed by atoms with van der Waals surface area (Å²) in [6.45, 7) is 7.29. The van der Waals surface area contributed by atoms with E-state index < -0.39 is 17.8 Å². The van der Waals surface area contributed by atoms with E-state index in [1.807, 2.05) is 78.4 Å². The van der Waals surface area contributed by atoms with Crippen LogP contribution < -0.4 is 15.0 Å². The molecule has 0 bridgehead atoms. The Morgan fingerprint density at radius 3 is 2.38 bits per heavy atom. The summed E-state index contributed by atoms with van der Waals surface area (Å²) in [4.78, 5) is 40.0. The topological polar surface area (TPSA) is 80.6 Å². The van der Waals surface area contributed by atoms with E-state index in [0.717, 1.165) is 33.5 Å². The molecule has 0 radical (unpaired) electrons. The molecule has 1 aromatic heterocycles. The zero-order valence-electron chi connectivity index (χ0n) is 22.3. The average molecular weight is 522 g/mol.